The maximum Gasteiger partial charge on any atom is 0.265 e. The van der Waals surface area contributed by atoms with Crippen molar-refractivity contribution in [3.8, 4) is 0 Å². The van der Waals surface area contributed by atoms with Crippen LogP contribution in [0.4, 0.5) is 0 Å². The molecule has 34 heavy (non-hydrogen) atoms. The molecule has 2 aromatic rings. The number of hydrazine groups is 1. The predicted molar refractivity (Wildman–Crippen MR) is 133 cm³/mol. The number of pyridine rings is 1. The van der Waals surface area contributed by atoms with Gasteiger partial charge in [0.25, 0.3) is 5.91 Å². The molecule has 0 spiro atoms. The Morgan fingerprint density at radius 3 is 2.47 bits per heavy atom. The Labute approximate surface area is 201 Å². The average Bonchev–Trinajstić information content (AvgIpc) is 2.86. The van der Waals surface area contributed by atoms with Gasteiger partial charge in [-0.3, -0.25) is 24.8 Å². The molecule has 0 unspecified atom stereocenters. The van der Waals surface area contributed by atoms with Crippen molar-refractivity contribution in [2.24, 2.45) is 0 Å². The third-order valence-electron chi connectivity index (χ3n) is 5.02. The Morgan fingerprint density at radius 1 is 0.941 bits per heavy atom. The minimum absolute atomic E-state index is 0.0134. The SMILES string of the molecule is CCCNNC(=O)c1ccc(CNC(=O)CCCCCCNC(=O)/C=C/c2cccnc2)cc1. The number of hydrogen-bond acceptors (Lipinski definition) is 5. The molecule has 0 fully saturated rings. The van der Waals surface area contributed by atoms with Crippen LogP contribution in [0.3, 0.4) is 0 Å². The van der Waals surface area contributed by atoms with Crippen molar-refractivity contribution in [2.45, 2.75) is 52.0 Å². The van der Waals surface area contributed by atoms with Crippen LogP contribution in [-0.2, 0) is 16.1 Å². The van der Waals surface area contributed by atoms with Crippen LogP contribution in [-0.4, -0.2) is 35.8 Å². The first-order valence-corrected chi connectivity index (χ1v) is 11.8. The third-order valence-corrected chi connectivity index (χ3v) is 5.02. The summed E-state index contributed by atoms with van der Waals surface area (Å²) in [5, 5.41) is 5.77. The number of unbranched alkanes of at least 4 members (excludes halogenated alkanes) is 3. The molecule has 0 saturated heterocycles. The highest BCUT2D eigenvalue weighted by atomic mass is 16.2. The standard InChI is InChI=1S/C26H35N5O3/c1-2-16-30-31-26(34)23-13-10-22(11-14-23)20-29-24(32)9-5-3-4-6-18-28-25(33)15-12-21-8-7-17-27-19-21/h7-8,10-15,17,19,30H,2-6,9,16,18,20H2,1H3,(H,28,33)(H,29,32)(H,31,34)/b15-12+. The van der Waals surface area contributed by atoms with Crippen molar-refractivity contribution in [1.82, 2.24) is 26.5 Å². The number of nitrogens with zero attached hydrogens (tertiary/aromatic N) is 1. The molecule has 1 heterocycles. The highest BCUT2D eigenvalue weighted by molar-refractivity contribution is 5.93. The number of hydrogen-bond donors (Lipinski definition) is 4. The second kappa shape index (κ2) is 16.1. The monoisotopic (exact) mass is 465 g/mol. The molecule has 0 aliphatic rings. The molecule has 0 saturated carbocycles. The van der Waals surface area contributed by atoms with Crippen LogP contribution in [0.25, 0.3) is 6.08 Å². The predicted octanol–water partition coefficient (Wildman–Crippen LogP) is 3.12. The number of carbonyl (C=O) groups is 3. The van der Waals surface area contributed by atoms with Crippen LogP contribution in [0.2, 0.25) is 0 Å². The van der Waals surface area contributed by atoms with Gasteiger partial charge in [-0.2, -0.15) is 0 Å². The van der Waals surface area contributed by atoms with Gasteiger partial charge in [-0.1, -0.05) is 38.0 Å². The zero-order valence-electron chi connectivity index (χ0n) is 19.8. The van der Waals surface area contributed by atoms with Crippen LogP contribution in [0.5, 0.6) is 0 Å². The van der Waals surface area contributed by atoms with Crippen molar-refractivity contribution in [3.63, 3.8) is 0 Å². The summed E-state index contributed by atoms with van der Waals surface area (Å²) >= 11 is 0. The molecular formula is C26H35N5O3. The second-order valence-electron chi connectivity index (χ2n) is 7.93. The molecule has 4 N–H and O–H groups in total. The number of carbonyl (C=O) groups excluding carboxylic acids is 3. The van der Waals surface area contributed by atoms with Crippen LogP contribution >= 0.6 is 0 Å². The van der Waals surface area contributed by atoms with E-state index in [2.05, 4.69) is 26.5 Å². The van der Waals surface area contributed by atoms with E-state index in [9.17, 15) is 14.4 Å². The summed E-state index contributed by atoms with van der Waals surface area (Å²) in [6, 6.07) is 10.9. The lowest BCUT2D eigenvalue weighted by Gasteiger charge is -2.08. The zero-order valence-corrected chi connectivity index (χ0v) is 19.8. The van der Waals surface area contributed by atoms with Gasteiger partial charge in [0.15, 0.2) is 0 Å². The van der Waals surface area contributed by atoms with E-state index < -0.39 is 0 Å². The van der Waals surface area contributed by atoms with Crippen molar-refractivity contribution in [2.75, 3.05) is 13.1 Å². The fourth-order valence-electron chi connectivity index (χ4n) is 3.08. The van der Waals surface area contributed by atoms with Gasteiger partial charge in [-0.15, -0.1) is 0 Å². The van der Waals surface area contributed by atoms with Gasteiger partial charge in [0.2, 0.25) is 11.8 Å². The largest absolute Gasteiger partial charge is 0.353 e. The molecule has 182 valence electrons. The molecular weight excluding hydrogens is 430 g/mol. The van der Waals surface area contributed by atoms with Gasteiger partial charge in [0, 0.05) is 50.1 Å². The van der Waals surface area contributed by atoms with E-state index in [4.69, 9.17) is 0 Å². The summed E-state index contributed by atoms with van der Waals surface area (Å²) in [6.07, 6.45) is 11.6. The number of benzene rings is 1. The van der Waals surface area contributed by atoms with E-state index in [-0.39, 0.29) is 17.7 Å². The highest BCUT2D eigenvalue weighted by Crippen LogP contribution is 2.06. The molecule has 0 atom stereocenters. The molecule has 0 radical (unpaired) electrons. The first-order valence-electron chi connectivity index (χ1n) is 11.8. The smallest absolute Gasteiger partial charge is 0.265 e. The van der Waals surface area contributed by atoms with Crippen LogP contribution in [0.1, 0.15) is 66.9 Å². The minimum atomic E-state index is -0.176. The van der Waals surface area contributed by atoms with Crippen LogP contribution in [0.15, 0.2) is 54.9 Å². The van der Waals surface area contributed by atoms with Crippen LogP contribution in [0, 0.1) is 0 Å². The van der Waals surface area contributed by atoms with Gasteiger partial charge < -0.3 is 10.6 Å². The van der Waals surface area contributed by atoms with E-state index in [1.165, 1.54) is 6.08 Å². The lowest BCUT2D eigenvalue weighted by Crippen LogP contribution is -2.37. The first-order chi connectivity index (χ1) is 16.6. The number of aromatic nitrogens is 1. The van der Waals surface area contributed by atoms with Crippen molar-refractivity contribution < 1.29 is 14.4 Å². The fourth-order valence-corrected chi connectivity index (χ4v) is 3.08. The van der Waals surface area contributed by atoms with E-state index in [0.29, 0.717) is 25.1 Å². The molecule has 8 heteroatoms. The molecule has 0 aliphatic heterocycles. The Balaban J connectivity index is 1.50. The minimum Gasteiger partial charge on any atom is -0.353 e. The highest BCUT2D eigenvalue weighted by Gasteiger charge is 2.06. The molecule has 0 bridgehead atoms. The lowest BCUT2D eigenvalue weighted by atomic mass is 10.1. The summed E-state index contributed by atoms with van der Waals surface area (Å²) < 4.78 is 0. The van der Waals surface area contributed by atoms with Crippen LogP contribution < -0.4 is 21.5 Å². The van der Waals surface area contributed by atoms with E-state index >= 15 is 0 Å². The normalized spacial score (nSPS) is 10.7. The Kier molecular flexibility index (Phi) is 12.7. The Bertz CT molecular complexity index is 914. The average molecular weight is 466 g/mol. The quantitative estimate of drug-likeness (QED) is 0.183. The van der Waals surface area contributed by atoms with Gasteiger partial charge in [0.1, 0.15) is 0 Å². The van der Waals surface area contributed by atoms with Crippen molar-refractivity contribution >= 4 is 23.8 Å². The van der Waals surface area contributed by atoms with Crippen molar-refractivity contribution in [1.29, 1.82) is 0 Å². The fraction of sp³-hybridized carbons (Fsp3) is 0.385. The molecule has 8 nitrogen and oxygen atoms in total. The zero-order chi connectivity index (χ0) is 24.4. The molecule has 0 aliphatic carbocycles. The van der Waals surface area contributed by atoms with Gasteiger partial charge >= 0.3 is 0 Å². The first kappa shape index (κ1) is 26.7. The summed E-state index contributed by atoms with van der Waals surface area (Å²) in [6.45, 7) is 3.80. The van der Waals surface area contributed by atoms with E-state index in [1.807, 2.05) is 31.2 Å². The van der Waals surface area contributed by atoms with E-state index in [0.717, 1.165) is 49.8 Å². The number of rotatable bonds is 15. The maximum absolute atomic E-state index is 12.1. The molecule has 2 rings (SSSR count). The molecule has 3 amide bonds. The van der Waals surface area contributed by atoms with Gasteiger partial charge in [-0.25, -0.2) is 5.43 Å². The summed E-state index contributed by atoms with van der Waals surface area (Å²) in [7, 11) is 0. The molecule has 1 aromatic heterocycles. The summed E-state index contributed by atoms with van der Waals surface area (Å²) in [5.74, 6) is -0.283. The van der Waals surface area contributed by atoms with Crippen molar-refractivity contribution in [3.05, 3.63) is 71.6 Å². The maximum atomic E-state index is 12.1. The Morgan fingerprint density at radius 2 is 1.74 bits per heavy atom. The Hall–Kier alpha value is -3.52. The van der Waals surface area contributed by atoms with Gasteiger partial charge in [-0.05, 0) is 54.7 Å². The third kappa shape index (κ3) is 11.4. The van der Waals surface area contributed by atoms with Gasteiger partial charge in [0.05, 0.1) is 0 Å². The van der Waals surface area contributed by atoms with E-state index in [1.54, 1.807) is 30.6 Å². The molecule has 1 aromatic carbocycles. The lowest BCUT2D eigenvalue weighted by molar-refractivity contribution is -0.121. The summed E-state index contributed by atoms with van der Waals surface area (Å²) in [4.78, 5) is 39.8. The number of nitrogens with one attached hydrogen (secondary N) is 4. The second-order valence-corrected chi connectivity index (χ2v) is 7.93. The topological polar surface area (TPSA) is 112 Å². The number of amides is 3. The summed E-state index contributed by atoms with van der Waals surface area (Å²) in [5.41, 5.74) is 7.90.